The number of ether oxygens (including phenoxy) is 1. The second-order valence-electron chi connectivity index (χ2n) is 11.6. The lowest BCUT2D eigenvalue weighted by Gasteiger charge is -2.60. The van der Waals surface area contributed by atoms with E-state index in [-0.39, 0.29) is 5.41 Å². The lowest BCUT2D eigenvalue weighted by atomic mass is 9.44. The molecule has 0 aromatic carbocycles. The molecule has 1 aromatic heterocycles. The molecular formula is C26H39NO5S. The van der Waals surface area contributed by atoms with Crippen molar-refractivity contribution in [3.8, 4) is 0 Å². The van der Waals surface area contributed by atoms with Crippen molar-refractivity contribution in [1.29, 1.82) is 0 Å². The van der Waals surface area contributed by atoms with Crippen LogP contribution in [0.5, 0.6) is 0 Å². The van der Waals surface area contributed by atoms with Crippen LogP contribution in [0.2, 0.25) is 0 Å². The Morgan fingerprint density at radius 1 is 0.970 bits per heavy atom. The van der Waals surface area contributed by atoms with Crippen molar-refractivity contribution in [3.63, 3.8) is 0 Å². The maximum Gasteiger partial charge on any atom is 0.217 e. The molecule has 1 aromatic rings. The summed E-state index contributed by atoms with van der Waals surface area (Å²) in [6.45, 7) is 5.70. The fraction of sp³-hybridized carbons (Fsp3) is 0.808. The number of rotatable bonds is 2. The number of fused-ring (bicyclic) bond motifs is 4. The van der Waals surface area contributed by atoms with Crippen LogP contribution in [-0.2, 0) is 19.3 Å². The number of aromatic nitrogens is 1. The van der Waals surface area contributed by atoms with Gasteiger partial charge in [-0.2, -0.15) is 0 Å². The van der Waals surface area contributed by atoms with Gasteiger partial charge in [0.2, 0.25) is 10.4 Å². The highest BCUT2D eigenvalue weighted by Gasteiger charge is 2.64. The van der Waals surface area contributed by atoms with Gasteiger partial charge in [-0.3, -0.25) is 4.18 Å². The van der Waals surface area contributed by atoms with E-state index in [1.54, 1.807) is 0 Å². The van der Waals surface area contributed by atoms with E-state index in [1.807, 2.05) is 30.6 Å². The van der Waals surface area contributed by atoms with Crippen LogP contribution in [0.3, 0.4) is 0 Å². The summed E-state index contributed by atoms with van der Waals surface area (Å²) in [6.07, 6.45) is 14.0. The van der Waals surface area contributed by atoms with Crippen LogP contribution >= 0.6 is 0 Å². The summed E-state index contributed by atoms with van der Waals surface area (Å²) in [5.74, 6) is 3.62. The Labute approximate surface area is 198 Å². The van der Waals surface area contributed by atoms with Gasteiger partial charge in [-0.25, -0.2) is 13.4 Å². The van der Waals surface area contributed by atoms with E-state index < -0.39 is 16.5 Å². The fourth-order valence-electron chi connectivity index (χ4n) is 9.06. The van der Waals surface area contributed by atoms with Crippen LogP contribution in [0.25, 0.3) is 0 Å². The second kappa shape index (κ2) is 8.89. The molecule has 5 aliphatic rings. The van der Waals surface area contributed by atoms with E-state index in [4.69, 9.17) is 8.92 Å². The Kier molecular flexibility index (Phi) is 6.38. The predicted molar refractivity (Wildman–Crippen MR) is 123 cm³/mol. The van der Waals surface area contributed by atoms with Gasteiger partial charge in [0.25, 0.3) is 0 Å². The molecule has 1 aliphatic heterocycles. The average molecular weight is 478 g/mol. The van der Waals surface area contributed by atoms with Crippen molar-refractivity contribution >= 4 is 10.4 Å². The largest absolute Gasteiger partial charge is 0.726 e. The zero-order valence-corrected chi connectivity index (χ0v) is 20.8. The summed E-state index contributed by atoms with van der Waals surface area (Å²) < 4.78 is 44.1. The Balaban J connectivity index is 0.000000332. The van der Waals surface area contributed by atoms with Crippen LogP contribution < -0.4 is 4.98 Å². The van der Waals surface area contributed by atoms with Crippen molar-refractivity contribution in [3.05, 3.63) is 30.6 Å². The molecular weight excluding hydrogens is 438 g/mol. The molecule has 6 rings (SSSR count). The molecule has 5 fully saturated rings. The van der Waals surface area contributed by atoms with Gasteiger partial charge >= 0.3 is 0 Å². The van der Waals surface area contributed by atoms with Gasteiger partial charge in [0.1, 0.15) is 0 Å². The third kappa shape index (κ3) is 4.28. The Hall–Kier alpha value is -1.02. The highest BCUT2D eigenvalue weighted by Crippen LogP contribution is 2.69. The summed E-state index contributed by atoms with van der Waals surface area (Å²) in [5.41, 5.74) is 0.723. The highest BCUT2D eigenvalue weighted by molar-refractivity contribution is 7.80. The van der Waals surface area contributed by atoms with Crippen molar-refractivity contribution < 1.29 is 26.9 Å². The van der Waals surface area contributed by atoms with Crippen molar-refractivity contribution in [2.24, 2.45) is 40.4 Å². The first-order valence-electron chi connectivity index (χ1n) is 12.9. The number of aromatic amines is 1. The first kappa shape index (κ1) is 23.7. The molecule has 0 amide bonds. The molecule has 33 heavy (non-hydrogen) atoms. The Morgan fingerprint density at radius 3 is 2.39 bits per heavy atom. The van der Waals surface area contributed by atoms with Crippen molar-refractivity contribution in [2.45, 2.75) is 83.8 Å². The molecule has 2 heterocycles. The highest BCUT2D eigenvalue weighted by atomic mass is 32.3. The van der Waals surface area contributed by atoms with Crippen LogP contribution in [0, 0.1) is 40.4 Å². The fourth-order valence-corrected chi connectivity index (χ4v) is 9.57. The van der Waals surface area contributed by atoms with E-state index in [1.165, 1.54) is 32.1 Å². The third-order valence-electron chi connectivity index (χ3n) is 10.4. The SMILES string of the molecule is C[C@@H]1OC[C@]23CC[C@H]4[C@@H](CC[C@@H]5C[C@H](OS(=O)(=O)[O-])CC[C@@]54C)C2CC[C@H]13.c1cc[nH+]cc1. The predicted octanol–water partition coefficient (Wildman–Crippen LogP) is 4.39. The quantitative estimate of drug-likeness (QED) is 0.465. The standard InChI is InChI=1S/C21H34O5S.C5H5N/c1-13-17-5-6-19-16-4-3-14-11-15(26-27(22,23)24)7-9-20(14,2)18(16)8-10-21(17,19)12-25-13;1-2-4-6-5-3-1/h13-19H,3-12H2,1-2H3,(H,22,23,24);1-5H/t13-,14+,15+,16+,17+,18-,19?,20-,21-;/m0./s1. The summed E-state index contributed by atoms with van der Waals surface area (Å²) in [7, 11) is -4.60. The van der Waals surface area contributed by atoms with E-state index in [0.29, 0.717) is 23.9 Å². The topological polar surface area (TPSA) is 89.8 Å². The Morgan fingerprint density at radius 2 is 1.73 bits per heavy atom. The molecule has 1 N–H and O–H groups in total. The lowest BCUT2D eigenvalue weighted by Crippen LogP contribution is -2.54. The Bertz CT molecular complexity index is 899. The molecule has 0 radical (unpaired) electrons. The molecule has 9 atom stereocenters. The molecule has 1 unspecified atom stereocenters. The van der Waals surface area contributed by atoms with Gasteiger partial charge in [0.05, 0.1) is 18.8 Å². The van der Waals surface area contributed by atoms with Gasteiger partial charge in [-0.1, -0.05) is 13.0 Å². The number of hydrogen-bond acceptors (Lipinski definition) is 5. The number of H-pyrrole nitrogens is 1. The van der Waals surface area contributed by atoms with Crippen LogP contribution in [0.1, 0.15) is 71.6 Å². The molecule has 184 valence electrons. The second-order valence-corrected chi connectivity index (χ2v) is 12.6. The number of nitrogens with one attached hydrogen (secondary N) is 1. The van der Waals surface area contributed by atoms with Gasteiger partial charge < -0.3 is 9.29 Å². The molecule has 0 bridgehead atoms. The molecule has 7 heteroatoms. The van der Waals surface area contributed by atoms with Crippen molar-refractivity contribution in [1.82, 2.24) is 0 Å². The van der Waals surface area contributed by atoms with Crippen LogP contribution in [0.15, 0.2) is 30.6 Å². The van der Waals surface area contributed by atoms with Crippen LogP contribution in [-0.4, -0.2) is 31.8 Å². The summed E-state index contributed by atoms with van der Waals surface area (Å²) in [6, 6.07) is 5.86. The minimum absolute atomic E-state index is 0.278. The molecule has 6 nitrogen and oxygen atoms in total. The average Bonchev–Trinajstić information content (AvgIpc) is 3.32. The van der Waals surface area contributed by atoms with Gasteiger partial charge in [0, 0.05) is 17.5 Å². The van der Waals surface area contributed by atoms with E-state index in [2.05, 4.69) is 18.8 Å². The summed E-state index contributed by atoms with van der Waals surface area (Å²) >= 11 is 0. The molecule has 1 spiro atoms. The maximum absolute atomic E-state index is 11.0. The van der Waals surface area contributed by atoms with Crippen LogP contribution in [0.4, 0.5) is 0 Å². The summed E-state index contributed by atoms with van der Waals surface area (Å²) in [5, 5.41) is 0. The maximum atomic E-state index is 11.0. The molecule has 1 saturated heterocycles. The minimum atomic E-state index is -4.60. The first-order chi connectivity index (χ1) is 15.7. The lowest BCUT2D eigenvalue weighted by molar-refractivity contribution is -0.377. The first-order valence-corrected chi connectivity index (χ1v) is 14.2. The van der Waals surface area contributed by atoms with Gasteiger partial charge in [-0.15, -0.1) is 0 Å². The van der Waals surface area contributed by atoms with Gasteiger partial charge in [0.15, 0.2) is 12.4 Å². The summed E-state index contributed by atoms with van der Waals surface area (Å²) in [4.78, 5) is 2.89. The zero-order chi connectivity index (χ0) is 23.3. The van der Waals surface area contributed by atoms with Crippen molar-refractivity contribution in [2.75, 3.05) is 6.61 Å². The zero-order valence-electron chi connectivity index (χ0n) is 19.9. The van der Waals surface area contributed by atoms with Gasteiger partial charge in [-0.05, 0) is 99.7 Å². The van der Waals surface area contributed by atoms with E-state index in [9.17, 15) is 13.0 Å². The monoisotopic (exact) mass is 477 g/mol. The van der Waals surface area contributed by atoms with E-state index in [0.717, 1.165) is 49.5 Å². The normalized spacial score (nSPS) is 46.2. The number of pyridine rings is 1. The minimum Gasteiger partial charge on any atom is -0.726 e. The number of hydrogen-bond donors (Lipinski definition) is 0. The van der Waals surface area contributed by atoms with E-state index >= 15 is 0 Å². The molecule has 4 aliphatic carbocycles. The molecule has 4 saturated carbocycles. The smallest absolute Gasteiger partial charge is 0.217 e. The third-order valence-corrected chi connectivity index (χ3v) is 11.0.